The van der Waals surface area contributed by atoms with E-state index in [9.17, 15) is 35.8 Å². The zero-order chi connectivity index (χ0) is 32.0. The monoisotopic (exact) mass is 644 g/mol. The maximum atomic E-state index is 15.3. The average Bonchev–Trinajstić information content (AvgIpc) is 2.94. The molecule has 43 heavy (non-hydrogen) atoms. The molecule has 1 unspecified atom stereocenters. The SMILES string of the molecule is O=P(c1ccccc1)(c1ccccc1)C(CC1(O)CCCCCCCCCCC1)CC(F)(F)C(F)(F)C(F)(F)C(F)(F)F. The first-order valence-electron chi connectivity index (χ1n) is 14.6. The van der Waals surface area contributed by atoms with Crippen molar-refractivity contribution in [3.8, 4) is 0 Å². The highest BCUT2D eigenvalue weighted by Gasteiger charge is 2.81. The Morgan fingerprint density at radius 1 is 0.628 bits per heavy atom. The van der Waals surface area contributed by atoms with Crippen LogP contribution in [-0.2, 0) is 4.57 Å². The summed E-state index contributed by atoms with van der Waals surface area (Å²) in [5, 5.41) is 11.7. The molecule has 0 aliphatic heterocycles. The van der Waals surface area contributed by atoms with E-state index in [0.29, 0.717) is 25.7 Å². The summed E-state index contributed by atoms with van der Waals surface area (Å²) < 4.78 is 142. The lowest BCUT2D eigenvalue weighted by Gasteiger charge is -2.40. The van der Waals surface area contributed by atoms with E-state index in [1.165, 1.54) is 60.7 Å². The molecule has 2 aromatic carbocycles. The minimum absolute atomic E-state index is 0.0494. The average molecular weight is 645 g/mol. The zero-order valence-electron chi connectivity index (χ0n) is 23.7. The van der Waals surface area contributed by atoms with Gasteiger partial charge in [-0.05, 0) is 19.3 Å². The number of hydrogen-bond donors (Lipinski definition) is 1. The van der Waals surface area contributed by atoms with E-state index in [4.69, 9.17) is 0 Å². The second-order valence-electron chi connectivity index (χ2n) is 11.6. The van der Waals surface area contributed by atoms with E-state index >= 15 is 13.3 Å². The van der Waals surface area contributed by atoms with E-state index in [-0.39, 0.29) is 23.5 Å². The van der Waals surface area contributed by atoms with E-state index < -0.39 is 55.2 Å². The van der Waals surface area contributed by atoms with Gasteiger partial charge in [0.05, 0.1) is 5.60 Å². The zero-order valence-corrected chi connectivity index (χ0v) is 24.6. The van der Waals surface area contributed by atoms with Gasteiger partial charge in [0, 0.05) is 22.7 Å². The molecule has 0 bridgehead atoms. The summed E-state index contributed by atoms with van der Waals surface area (Å²) in [4.78, 5) is 0. The molecular weight excluding hydrogens is 606 g/mol. The summed E-state index contributed by atoms with van der Waals surface area (Å²) >= 11 is 0. The van der Waals surface area contributed by atoms with Crippen LogP contribution in [0.3, 0.4) is 0 Å². The molecule has 1 saturated carbocycles. The Balaban J connectivity index is 2.16. The molecule has 0 aromatic heterocycles. The molecule has 3 rings (SSSR count). The van der Waals surface area contributed by atoms with Gasteiger partial charge in [-0.2, -0.15) is 39.5 Å². The fourth-order valence-electron chi connectivity index (χ4n) is 5.94. The fraction of sp³-hybridized carbons (Fsp3) is 0.613. The lowest BCUT2D eigenvalue weighted by atomic mass is 9.83. The third kappa shape index (κ3) is 7.99. The summed E-state index contributed by atoms with van der Waals surface area (Å²) in [7, 11) is -4.46. The number of benzene rings is 2. The molecule has 0 amide bonds. The Labute approximate surface area is 246 Å². The first-order chi connectivity index (χ1) is 20.0. The lowest BCUT2D eigenvalue weighted by Crippen LogP contribution is -2.61. The van der Waals surface area contributed by atoms with Gasteiger partial charge in [0.1, 0.15) is 7.14 Å². The van der Waals surface area contributed by atoms with Crippen molar-refractivity contribution in [2.75, 3.05) is 0 Å². The lowest BCUT2D eigenvalue weighted by molar-refractivity contribution is -0.396. The molecule has 1 atom stereocenters. The number of rotatable bonds is 9. The van der Waals surface area contributed by atoms with Gasteiger partial charge >= 0.3 is 23.9 Å². The Morgan fingerprint density at radius 3 is 1.37 bits per heavy atom. The van der Waals surface area contributed by atoms with Crippen molar-refractivity contribution in [1.29, 1.82) is 0 Å². The van der Waals surface area contributed by atoms with Crippen LogP contribution in [0.2, 0.25) is 0 Å². The minimum Gasteiger partial charge on any atom is -0.390 e. The second-order valence-corrected chi connectivity index (χ2v) is 14.7. The summed E-state index contributed by atoms with van der Waals surface area (Å²) in [5.74, 6) is -19.9. The highest BCUT2D eigenvalue weighted by Crippen LogP contribution is 2.60. The highest BCUT2D eigenvalue weighted by atomic mass is 31.2. The molecule has 0 radical (unpaired) electrons. The van der Waals surface area contributed by atoms with Crippen LogP contribution < -0.4 is 10.6 Å². The van der Waals surface area contributed by atoms with Crippen LogP contribution in [0.4, 0.5) is 39.5 Å². The van der Waals surface area contributed by atoms with Crippen LogP contribution in [-0.4, -0.2) is 40.3 Å². The molecule has 1 aliphatic carbocycles. The number of aliphatic hydroxyl groups is 1. The largest absolute Gasteiger partial charge is 0.460 e. The summed E-state index contributed by atoms with van der Waals surface area (Å²) in [5.41, 5.74) is -3.89. The standard InChI is InChI=1S/C31H38F9O2P/c32-28(33,29(34,35)30(36,37)31(38,39)40)23-26(22-27(41)20-14-6-4-2-1-3-5-7-15-21-27)43(42,24-16-10-8-11-17-24)25-18-12-9-13-19-25/h8-13,16-19,26,41H,1-7,14-15,20-23H2. The van der Waals surface area contributed by atoms with Crippen LogP contribution in [0.1, 0.15) is 83.5 Å². The van der Waals surface area contributed by atoms with Gasteiger partial charge in [-0.3, -0.25) is 0 Å². The molecule has 0 spiro atoms. The third-order valence-corrected chi connectivity index (χ3v) is 11.9. The Kier molecular flexibility index (Phi) is 11.5. The van der Waals surface area contributed by atoms with Crippen molar-refractivity contribution in [3.63, 3.8) is 0 Å². The van der Waals surface area contributed by atoms with Crippen molar-refractivity contribution in [2.24, 2.45) is 0 Å². The van der Waals surface area contributed by atoms with Gasteiger partial charge in [0.25, 0.3) is 0 Å². The Morgan fingerprint density at radius 2 is 1.00 bits per heavy atom. The molecule has 1 aliphatic rings. The van der Waals surface area contributed by atoms with Gasteiger partial charge in [0.15, 0.2) is 0 Å². The molecule has 12 heteroatoms. The third-order valence-electron chi connectivity index (χ3n) is 8.40. The highest BCUT2D eigenvalue weighted by molar-refractivity contribution is 7.79. The molecule has 1 N–H and O–H groups in total. The van der Waals surface area contributed by atoms with Crippen molar-refractivity contribution in [1.82, 2.24) is 0 Å². The molecule has 0 heterocycles. The van der Waals surface area contributed by atoms with Gasteiger partial charge in [-0.1, -0.05) is 118 Å². The van der Waals surface area contributed by atoms with Gasteiger partial charge in [0.2, 0.25) is 0 Å². The molecule has 1 fully saturated rings. The van der Waals surface area contributed by atoms with Gasteiger partial charge < -0.3 is 9.67 Å². The Bertz CT molecular complexity index is 1130. The first-order valence-corrected chi connectivity index (χ1v) is 16.4. The number of halogens is 9. The van der Waals surface area contributed by atoms with Crippen molar-refractivity contribution in [2.45, 2.75) is 119 Å². The van der Waals surface area contributed by atoms with Crippen LogP contribution >= 0.6 is 7.14 Å². The van der Waals surface area contributed by atoms with Gasteiger partial charge in [-0.15, -0.1) is 0 Å². The molecule has 2 aromatic rings. The normalized spacial score (nSPS) is 19.2. The topological polar surface area (TPSA) is 37.3 Å². The second kappa shape index (κ2) is 14.0. The van der Waals surface area contributed by atoms with Gasteiger partial charge in [-0.25, -0.2) is 0 Å². The number of alkyl halides is 9. The molecule has 2 nitrogen and oxygen atoms in total. The van der Waals surface area contributed by atoms with Crippen LogP contribution in [0, 0.1) is 0 Å². The predicted octanol–water partition coefficient (Wildman–Crippen LogP) is 9.65. The van der Waals surface area contributed by atoms with E-state index in [1.54, 1.807) is 0 Å². The quantitative estimate of drug-likeness (QED) is 0.218. The van der Waals surface area contributed by atoms with E-state index in [2.05, 4.69) is 0 Å². The van der Waals surface area contributed by atoms with Crippen LogP contribution in [0.25, 0.3) is 0 Å². The van der Waals surface area contributed by atoms with Crippen LogP contribution in [0.15, 0.2) is 60.7 Å². The van der Waals surface area contributed by atoms with E-state index in [0.717, 1.165) is 32.1 Å². The fourth-order valence-corrected chi connectivity index (χ4v) is 9.40. The minimum atomic E-state index is -7.07. The predicted molar refractivity (Wildman–Crippen MR) is 149 cm³/mol. The van der Waals surface area contributed by atoms with Crippen molar-refractivity contribution in [3.05, 3.63) is 60.7 Å². The number of hydrogen-bond acceptors (Lipinski definition) is 2. The maximum Gasteiger partial charge on any atom is 0.460 e. The summed E-state index contributed by atoms with van der Waals surface area (Å²) in [6, 6.07) is 14.0. The summed E-state index contributed by atoms with van der Waals surface area (Å²) in [6.07, 6.45) is -2.94. The van der Waals surface area contributed by atoms with Crippen molar-refractivity contribution < 1.29 is 49.2 Å². The molecule has 242 valence electrons. The van der Waals surface area contributed by atoms with Crippen molar-refractivity contribution >= 4 is 17.8 Å². The summed E-state index contributed by atoms with van der Waals surface area (Å²) in [6.45, 7) is 0. The molecule has 0 saturated heterocycles. The van der Waals surface area contributed by atoms with E-state index in [1.807, 2.05) is 0 Å². The maximum absolute atomic E-state index is 15.3. The Hall–Kier alpha value is -2.00. The van der Waals surface area contributed by atoms with Crippen LogP contribution in [0.5, 0.6) is 0 Å². The molecular formula is C31H38F9O2P. The smallest absolute Gasteiger partial charge is 0.390 e. The first kappa shape index (κ1) is 35.5.